The van der Waals surface area contributed by atoms with Gasteiger partial charge in [0.2, 0.25) is 0 Å². The number of carboxylic acids is 1. The molecule has 0 bridgehead atoms. The summed E-state index contributed by atoms with van der Waals surface area (Å²) in [7, 11) is -3.64. The van der Waals surface area contributed by atoms with Crippen LogP contribution in [-0.4, -0.2) is 39.8 Å². The number of hydrogen-bond acceptors (Lipinski definition) is 7. The Morgan fingerprint density at radius 2 is 2.13 bits per heavy atom. The van der Waals surface area contributed by atoms with Crippen LogP contribution in [0.3, 0.4) is 0 Å². The molecule has 4 rings (SSSR count). The van der Waals surface area contributed by atoms with E-state index in [-0.39, 0.29) is 34.3 Å². The molecule has 0 atom stereocenters. The van der Waals surface area contributed by atoms with Crippen molar-refractivity contribution in [2.24, 2.45) is 0 Å². The van der Waals surface area contributed by atoms with E-state index in [2.05, 4.69) is 21.5 Å². The summed E-state index contributed by atoms with van der Waals surface area (Å²) >= 11 is 0. The van der Waals surface area contributed by atoms with Gasteiger partial charge >= 0.3 is 5.97 Å². The van der Waals surface area contributed by atoms with Crippen LogP contribution in [0.1, 0.15) is 46.9 Å². The molecule has 1 aliphatic carbocycles. The zero-order valence-corrected chi connectivity index (χ0v) is 17.9. The van der Waals surface area contributed by atoms with Gasteiger partial charge in [0.15, 0.2) is 15.7 Å². The highest BCUT2D eigenvalue weighted by Crippen LogP contribution is 2.47. The number of sulfone groups is 1. The Kier molecular flexibility index (Phi) is 4.94. The Morgan fingerprint density at radius 3 is 2.74 bits per heavy atom. The lowest BCUT2D eigenvalue weighted by Crippen LogP contribution is -2.12. The van der Waals surface area contributed by atoms with Crippen LogP contribution in [0, 0.1) is 18.3 Å². The van der Waals surface area contributed by atoms with E-state index in [1.54, 1.807) is 38.4 Å². The van der Waals surface area contributed by atoms with E-state index < -0.39 is 21.2 Å². The Hall–Kier alpha value is -3.45. The number of pyridine rings is 2. The van der Waals surface area contributed by atoms with Gasteiger partial charge in [-0.1, -0.05) is 13.0 Å². The predicted octanol–water partition coefficient (Wildman–Crippen LogP) is 2.70. The van der Waals surface area contributed by atoms with Crippen LogP contribution in [0.4, 0.5) is 5.82 Å². The number of hydrogen-bond donors (Lipinski definition) is 2. The molecular formula is C21H21N5O4S. The minimum Gasteiger partial charge on any atom is -0.478 e. The second-order valence-electron chi connectivity index (χ2n) is 7.69. The zero-order valence-electron chi connectivity index (χ0n) is 17.1. The first kappa shape index (κ1) is 20.8. The molecule has 1 aliphatic rings. The third kappa shape index (κ3) is 3.61. The number of fused-ring (bicyclic) bond motifs is 1. The lowest BCUT2D eigenvalue weighted by Gasteiger charge is -2.09. The standard InChI is InChI=1S/C21H21N5O4S/c1-3-31(29,30)18-17-5-4-14(21(12-22)6-7-21)11-26(17)25-19(18)24-10-16-15(20(27)28)8-13(2)9-23-16/h4-5,8-9,11H,3,6-7,10H2,1-2H3,(H,24,25)(H,27,28). The fourth-order valence-electron chi connectivity index (χ4n) is 3.56. The molecule has 160 valence electrons. The van der Waals surface area contributed by atoms with E-state index in [1.807, 2.05) is 0 Å². The van der Waals surface area contributed by atoms with E-state index in [0.29, 0.717) is 11.1 Å². The van der Waals surface area contributed by atoms with Gasteiger partial charge in [-0.25, -0.2) is 17.7 Å². The maximum absolute atomic E-state index is 12.8. The third-order valence-corrected chi connectivity index (χ3v) is 7.34. The molecule has 0 aromatic carbocycles. The lowest BCUT2D eigenvalue weighted by atomic mass is 10.00. The average molecular weight is 439 g/mol. The summed E-state index contributed by atoms with van der Waals surface area (Å²) < 4.78 is 27.1. The minimum atomic E-state index is -3.64. The molecule has 0 amide bonds. The van der Waals surface area contributed by atoms with Crippen LogP contribution in [-0.2, 0) is 21.8 Å². The van der Waals surface area contributed by atoms with E-state index >= 15 is 0 Å². The van der Waals surface area contributed by atoms with Crippen molar-refractivity contribution in [3.63, 3.8) is 0 Å². The molecule has 0 spiro atoms. The Bertz CT molecular complexity index is 1350. The van der Waals surface area contributed by atoms with Gasteiger partial charge in [0.1, 0.15) is 4.90 Å². The monoisotopic (exact) mass is 439 g/mol. The first-order chi connectivity index (χ1) is 14.7. The van der Waals surface area contributed by atoms with Crippen molar-refractivity contribution in [1.82, 2.24) is 14.6 Å². The first-order valence-electron chi connectivity index (χ1n) is 9.80. The van der Waals surface area contributed by atoms with Crippen molar-refractivity contribution in [3.05, 3.63) is 53.0 Å². The molecule has 9 nitrogen and oxygen atoms in total. The zero-order chi connectivity index (χ0) is 22.4. The van der Waals surface area contributed by atoms with E-state index in [0.717, 1.165) is 18.4 Å². The number of aromatic carboxylic acids is 1. The van der Waals surface area contributed by atoms with Crippen LogP contribution >= 0.6 is 0 Å². The smallest absolute Gasteiger partial charge is 0.337 e. The van der Waals surface area contributed by atoms with Gasteiger partial charge in [0.25, 0.3) is 0 Å². The van der Waals surface area contributed by atoms with Gasteiger partial charge in [0, 0.05) is 12.4 Å². The van der Waals surface area contributed by atoms with E-state index in [1.165, 1.54) is 10.6 Å². The van der Waals surface area contributed by atoms with E-state index in [4.69, 9.17) is 0 Å². The van der Waals surface area contributed by atoms with Crippen LogP contribution in [0.25, 0.3) is 5.52 Å². The maximum atomic E-state index is 12.8. The number of carboxylic acid groups (broad SMARTS) is 1. The summed E-state index contributed by atoms with van der Waals surface area (Å²) in [5.74, 6) is -1.10. The second-order valence-corrected chi connectivity index (χ2v) is 9.90. The highest BCUT2D eigenvalue weighted by Gasteiger charge is 2.45. The van der Waals surface area contributed by atoms with Crippen LogP contribution in [0.5, 0.6) is 0 Å². The number of carbonyl (C=O) groups is 1. The number of rotatable bonds is 7. The summed E-state index contributed by atoms with van der Waals surface area (Å²) in [4.78, 5) is 15.8. The second kappa shape index (κ2) is 7.35. The van der Waals surface area contributed by atoms with Crippen molar-refractivity contribution >= 4 is 27.1 Å². The number of nitrogens with zero attached hydrogens (tertiary/aromatic N) is 4. The molecule has 1 saturated carbocycles. The molecular weight excluding hydrogens is 418 g/mol. The maximum Gasteiger partial charge on any atom is 0.337 e. The van der Waals surface area contributed by atoms with Gasteiger partial charge in [0.05, 0.1) is 40.6 Å². The molecule has 3 aromatic heterocycles. The van der Waals surface area contributed by atoms with Crippen molar-refractivity contribution in [2.75, 3.05) is 11.1 Å². The number of nitriles is 1. The topological polar surface area (TPSA) is 137 Å². The summed E-state index contributed by atoms with van der Waals surface area (Å²) in [6, 6.07) is 7.28. The summed E-state index contributed by atoms with van der Waals surface area (Å²) in [6.07, 6.45) is 4.77. The normalized spacial score (nSPS) is 14.9. The molecule has 0 aliphatic heterocycles. The number of aryl methyl sites for hydroxylation is 1. The van der Waals surface area contributed by atoms with Crippen LogP contribution < -0.4 is 5.32 Å². The van der Waals surface area contributed by atoms with E-state index in [9.17, 15) is 23.6 Å². The predicted molar refractivity (Wildman–Crippen MR) is 113 cm³/mol. The molecule has 0 radical (unpaired) electrons. The number of aromatic nitrogens is 3. The first-order valence-corrected chi connectivity index (χ1v) is 11.5. The van der Waals surface area contributed by atoms with Crippen LogP contribution in [0.15, 0.2) is 35.5 Å². The van der Waals surface area contributed by atoms with Gasteiger partial charge < -0.3 is 10.4 Å². The fourth-order valence-corrected chi connectivity index (χ4v) is 4.73. The lowest BCUT2D eigenvalue weighted by molar-refractivity contribution is 0.0695. The molecule has 3 aromatic rings. The van der Waals surface area contributed by atoms with Gasteiger partial charge in [-0.15, -0.1) is 5.10 Å². The molecule has 1 fully saturated rings. The van der Waals surface area contributed by atoms with Gasteiger partial charge in [-0.3, -0.25) is 4.98 Å². The molecule has 0 unspecified atom stereocenters. The summed E-state index contributed by atoms with van der Waals surface area (Å²) in [6.45, 7) is 3.29. The Balaban J connectivity index is 1.77. The molecule has 10 heteroatoms. The summed E-state index contributed by atoms with van der Waals surface area (Å²) in [5.41, 5.74) is 1.70. The molecule has 0 saturated heterocycles. The fraction of sp³-hybridized carbons (Fsp3) is 0.333. The number of anilines is 1. The third-order valence-electron chi connectivity index (χ3n) is 5.55. The largest absolute Gasteiger partial charge is 0.478 e. The van der Waals surface area contributed by atoms with Crippen molar-refractivity contribution in [1.29, 1.82) is 5.26 Å². The highest BCUT2D eigenvalue weighted by atomic mass is 32.2. The van der Waals surface area contributed by atoms with Crippen molar-refractivity contribution < 1.29 is 18.3 Å². The Morgan fingerprint density at radius 1 is 1.39 bits per heavy atom. The molecule has 2 N–H and O–H groups in total. The minimum absolute atomic E-state index is 0.00692. The van der Waals surface area contributed by atoms with Crippen molar-refractivity contribution in [2.45, 2.75) is 43.5 Å². The van der Waals surface area contributed by atoms with Gasteiger partial charge in [-0.05, 0) is 43.0 Å². The highest BCUT2D eigenvalue weighted by molar-refractivity contribution is 7.91. The average Bonchev–Trinajstić information content (AvgIpc) is 3.46. The quantitative estimate of drug-likeness (QED) is 0.573. The number of nitrogens with one attached hydrogen (secondary N) is 1. The molecule has 3 heterocycles. The molecule has 31 heavy (non-hydrogen) atoms. The Labute approximate surface area is 179 Å². The van der Waals surface area contributed by atoms with Gasteiger partial charge in [-0.2, -0.15) is 5.26 Å². The SMILES string of the molecule is CCS(=O)(=O)c1c(NCc2ncc(C)cc2C(=O)O)nn2cc(C3(C#N)CC3)ccc12. The van der Waals surface area contributed by atoms with Crippen LogP contribution in [0.2, 0.25) is 0 Å². The summed E-state index contributed by atoms with van der Waals surface area (Å²) in [5, 5.41) is 26.3. The van der Waals surface area contributed by atoms with Crippen molar-refractivity contribution in [3.8, 4) is 6.07 Å².